The quantitative estimate of drug-likeness (QED) is 0.586. The monoisotopic (exact) mass is 228 g/mol. The van der Waals surface area contributed by atoms with Crippen molar-refractivity contribution in [2.45, 2.75) is 13.8 Å². The van der Waals surface area contributed by atoms with Crippen LogP contribution in [0.3, 0.4) is 0 Å². The molecule has 0 saturated heterocycles. The van der Waals surface area contributed by atoms with Crippen molar-refractivity contribution in [3.63, 3.8) is 0 Å². The molecule has 0 aliphatic rings. The zero-order chi connectivity index (χ0) is 12.4. The molecule has 0 atom stereocenters. The van der Waals surface area contributed by atoms with Crippen molar-refractivity contribution in [2.75, 3.05) is 0 Å². The number of rotatable bonds is 2. The Bertz CT molecular complexity index is 618. The van der Waals surface area contributed by atoms with E-state index in [0.717, 1.165) is 22.2 Å². The average molecular weight is 228 g/mol. The highest BCUT2D eigenvalue weighted by atomic mass is 16.6. The van der Waals surface area contributed by atoms with Crippen molar-refractivity contribution in [1.29, 1.82) is 0 Å². The molecule has 17 heavy (non-hydrogen) atoms. The predicted molar refractivity (Wildman–Crippen MR) is 67.1 cm³/mol. The first-order valence-corrected chi connectivity index (χ1v) is 5.27. The molecular weight excluding hydrogens is 216 g/mol. The van der Waals surface area contributed by atoms with Gasteiger partial charge in [-0.05, 0) is 24.6 Å². The Morgan fingerprint density at radius 3 is 2.82 bits per heavy atom. The fourth-order valence-corrected chi connectivity index (χ4v) is 1.74. The maximum Gasteiger partial charge on any atom is 0.243 e. The largest absolute Gasteiger partial charge is 0.259 e. The molecule has 0 saturated carbocycles. The Morgan fingerprint density at radius 1 is 1.41 bits per heavy atom. The fraction of sp³-hybridized carbons (Fsp3) is 0.154. The molecule has 1 heterocycles. The summed E-state index contributed by atoms with van der Waals surface area (Å²) in [5.41, 5.74) is 2.67. The highest BCUT2D eigenvalue weighted by Gasteiger charge is 2.06. The van der Waals surface area contributed by atoms with Crippen LogP contribution in [0.1, 0.15) is 18.2 Å². The minimum atomic E-state index is -0.384. The summed E-state index contributed by atoms with van der Waals surface area (Å²) in [6.07, 6.45) is 1.58. The molecule has 0 spiro atoms. The summed E-state index contributed by atoms with van der Waals surface area (Å²) in [5.74, 6) is 0. The Kier molecular flexibility index (Phi) is 2.87. The number of allylic oxidation sites excluding steroid dienone is 1. The molecule has 0 bridgehead atoms. The number of nitro groups is 1. The maximum absolute atomic E-state index is 10.6. The van der Waals surface area contributed by atoms with Crippen LogP contribution >= 0.6 is 0 Å². The van der Waals surface area contributed by atoms with Gasteiger partial charge in [0.05, 0.1) is 10.4 Å². The Labute approximate surface area is 98.8 Å². The van der Waals surface area contributed by atoms with E-state index in [4.69, 9.17) is 0 Å². The Morgan fingerprint density at radius 2 is 2.12 bits per heavy atom. The van der Waals surface area contributed by atoms with E-state index in [1.165, 1.54) is 6.92 Å². The first-order valence-electron chi connectivity index (χ1n) is 5.27. The van der Waals surface area contributed by atoms with Crippen molar-refractivity contribution in [3.8, 4) is 0 Å². The van der Waals surface area contributed by atoms with E-state index < -0.39 is 0 Å². The zero-order valence-electron chi connectivity index (χ0n) is 9.68. The molecule has 0 amide bonds. The highest BCUT2D eigenvalue weighted by molar-refractivity contribution is 5.88. The first kappa shape index (κ1) is 11.3. The summed E-state index contributed by atoms with van der Waals surface area (Å²) in [6.45, 7) is 3.37. The van der Waals surface area contributed by atoms with Crippen molar-refractivity contribution in [1.82, 2.24) is 4.98 Å². The number of nitrogens with zero attached hydrogens (tertiary/aromatic N) is 2. The van der Waals surface area contributed by atoms with Crippen LogP contribution in [0.2, 0.25) is 0 Å². The van der Waals surface area contributed by atoms with Gasteiger partial charge in [0.1, 0.15) is 0 Å². The highest BCUT2D eigenvalue weighted by Crippen LogP contribution is 2.20. The molecule has 0 aliphatic heterocycles. The summed E-state index contributed by atoms with van der Waals surface area (Å²) in [7, 11) is 0. The van der Waals surface area contributed by atoms with Gasteiger partial charge in [-0.2, -0.15) is 0 Å². The first-order chi connectivity index (χ1) is 8.08. The number of hydrogen-bond acceptors (Lipinski definition) is 3. The molecular formula is C13H12N2O2. The number of pyridine rings is 1. The van der Waals surface area contributed by atoms with Crippen LogP contribution in [0, 0.1) is 17.0 Å². The molecule has 0 aliphatic carbocycles. The Hall–Kier alpha value is -2.23. The van der Waals surface area contributed by atoms with Crippen LogP contribution in [-0.2, 0) is 0 Å². The number of aryl methyl sites for hydroxylation is 1. The fourth-order valence-electron chi connectivity index (χ4n) is 1.74. The molecule has 4 heteroatoms. The SMILES string of the molecule is CC(=Cc1cc(C)nc2ccccc12)[N+](=O)[O-]. The minimum Gasteiger partial charge on any atom is -0.259 e. The van der Waals surface area contributed by atoms with Gasteiger partial charge in [0.15, 0.2) is 0 Å². The van der Waals surface area contributed by atoms with E-state index in [1.807, 2.05) is 37.3 Å². The van der Waals surface area contributed by atoms with Crippen molar-refractivity contribution in [3.05, 3.63) is 57.4 Å². The van der Waals surface area contributed by atoms with Crippen molar-refractivity contribution >= 4 is 17.0 Å². The third-order valence-corrected chi connectivity index (χ3v) is 2.53. The topological polar surface area (TPSA) is 56.0 Å². The van der Waals surface area contributed by atoms with Crippen LogP contribution < -0.4 is 0 Å². The van der Waals surface area contributed by atoms with Gasteiger partial charge >= 0.3 is 0 Å². The van der Waals surface area contributed by atoms with Gasteiger partial charge in [-0.3, -0.25) is 15.1 Å². The molecule has 4 nitrogen and oxygen atoms in total. The van der Waals surface area contributed by atoms with E-state index in [-0.39, 0.29) is 10.6 Å². The lowest BCUT2D eigenvalue weighted by Crippen LogP contribution is -1.94. The third-order valence-electron chi connectivity index (χ3n) is 2.53. The molecule has 0 unspecified atom stereocenters. The van der Waals surface area contributed by atoms with Crippen LogP contribution in [0.4, 0.5) is 0 Å². The number of hydrogen-bond donors (Lipinski definition) is 0. The van der Waals surface area contributed by atoms with Crippen LogP contribution in [0.25, 0.3) is 17.0 Å². The molecule has 2 aromatic rings. The van der Waals surface area contributed by atoms with Crippen molar-refractivity contribution < 1.29 is 4.92 Å². The van der Waals surface area contributed by atoms with Gasteiger partial charge < -0.3 is 0 Å². The normalized spacial score (nSPS) is 11.8. The van der Waals surface area contributed by atoms with E-state index >= 15 is 0 Å². The van der Waals surface area contributed by atoms with E-state index in [0.29, 0.717) is 0 Å². The van der Waals surface area contributed by atoms with Crippen LogP contribution in [0.5, 0.6) is 0 Å². The molecule has 86 valence electrons. The summed E-state index contributed by atoms with van der Waals surface area (Å²) < 4.78 is 0. The zero-order valence-corrected chi connectivity index (χ0v) is 9.68. The van der Waals surface area contributed by atoms with Gasteiger partial charge in [-0.1, -0.05) is 18.2 Å². The molecule has 0 radical (unpaired) electrons. The second kappa shape index (κ2) is 4.33. The minimum absolute atomic E-state index is 0.126. The van der Waals surface area contributed by atoms with Crippen molar-refractivity contribution in [2.24, 2.45) is 0 Å². The predicted octanol–water partition coefficient (Wildman–Crippen LogP) is 3.18. The molecule has 1 aromatic carbocycles. The molecule has 0 N–H and O–H groups in total. The average Bonchev–Trinajstić information content (AvgIpc) is 2.28. The second-order valence-corrected chi connectivity index (χ2v) is 3.91. The van der Waals surface area contributed by atoms with E-state index in [9.17, 15) is 10.1 Å². The van der Waals surface area contributed by atoms with Gasteiger partial charge in [0.2, 0.25) is 5.70 Å². The smallest absolute Gasteiger partial charge is 0.243 e. The number of benzene rings is 1. The van der Waals surface area contributed by atoms with Gasteiger partial charge in [0, 0.05) is 24.1 Å². The molecule has 1 aromatic heterocycles. The van der Waals surface area contributed by atoms with Crippen LogP contribution in [0.15, 0.2) is 36.0 Å². The van der Waals surface area contributed by atoms with E-state index in [1.54, 1.807) is 6.08 Å². The van der Waals surface area contributed by atoms with E-state index in [2.05, 4.69) is 4.98 Å². The van der Waals surface area contributed by atoms with Gasteiger partial charge in [0.25, 0.3) is 0 Å². The number of fused-ring (bicyclic) bond motifs is 1. The van der Waals surface area contributed by atoms with Gasteiger partial charge in [-0.25, -0.2) is 0 Å². The Balaban J connectivity index is 2.68. The lowest BCUT2D eigenvalue weighted by atomic mass is 10.1. The maximum atomic E-state index is 10.6. The lowest BCUT2D eigenvalue weighted by molar-refractivity contribution is -0.422. The standard InChI is InChI=1S/C13H12N2O2/c1-9-7-11(8-10(2)15(16)17)12-5-3-4-6-13(12)14-9/h3-8H,1-2H3. The lowest BCUT2D eigenvalue weighted by Gasteiger charge is -2.03. The summed E-state index contributed by atoms with van der Waals surface area (Å²) in [4.78, 5) is 14.7. The molecule has 2 rings (SSSR count). The number of para-hydroxylation sites is 1. The second-order valence-electron chi connectivity index (χ2n) is 3.91. The summed E-state index contributed by atoms with van der Waals surface area (Å²) in [5, 5.41) is 11.6. The summed E-state index contributed by atoms with van der Waals surface area (Å²) in [6, 6.07) is 9.48. The summed E-state index contributed by atoms with van der Waals surface area (Å²) >= 11 is 0. The van der Waals surface area contributed by atoms with Crippen LogP contribution in [-0.4, -0.2) is 9.91 Å². The van der Waals surface area contributed by atoms with Gasteiger partial charge in [-0.15, -0.1) is 0 Å². The molecule has 0 fully saturated rings. The number of aromatic nitrogens is 1. The third kappa shape index (κ3) is 2.30.